The molecule has 0 amide bonds. The lowest BCUT2D eigenvalue weighted by molar-refractivity contribution is 0.192. The van der Waals surface area contributed by atoms with E-state index in [0.717, 1.165) is 43.0 Å². The second-order valence-corrected chi connectivity index (χ2v) is 6.39. The van der Waals surface area contributed by atoms with Gasteiger partial charge < -0.3 is 4.74 Å². The number of likely N-dealkylation sites (N-methyl/N-ethyl adjacent to an activating group) is 1. The fourth-order valence-electron chi connectivity index (χ4n) is 3.12. The zero-order chi connectivity index (χ0) is 16.5. The molecular formula is C18H19ClN4O. The molecule has 0 N–H and O–H groups in total. The third-order valence-electron chi connectivity index (χ3n) is 4.45. The second kappa shape index (κ2) is 6.42. The smallest absolute Gasteiger partial charge is 0.232 e. The quantitative estimate of drug-likeness (QED) is 0.727. The average molecular weight is 343 g/mol. The number of hydrogen-bond donors (Lipinski definition) is 0. The summed E-state index contributed by atoms with van der Waals surface area (Å²) in [5.74, 6) is 0.622. The Hall–Kier alpha value is -2.11. The van der Waals surface area contributed by atoms with Crippen molar-refractivity contribution in [3.8, 4) is 17.1 Å². The zero-order valence-corrected chi connectivity index (χ0v) is 14.3. The fourth-order valence-corrected chi connectivity index (χ4v) is 3.36. The number of likely N-dealkylation sites (tertiary alicyclic amines) is 1. The van der Waals surface area contributed by atoms with Gasteiger partial charge in [0.25, 0.3) is 0 Å². The van der Waals surface area contributed by atoms with Crippen LogP contribution < -0.4 is 4.74 Å². The summed E-state index contributed by atoms with van der Waals surface area (Å²) >= 11 is 6.32. The van der Waals surface area contributed by atoms with E-state index >= 15 is 0 Å². The molecule has 3 heterocycles. The molecular weight excluding hydrogens is 324 g/mol. The minimum absolute atomic E-state index is 0.196. The van der Waals surface area contributed by atoms with Crippen LogP contribution in [0.4, 0.5) is 0 Å². The summed E-state index contributed by atoms with van der Waals surface area (Å²) in [4.78, 5) is 6.80. The van der Waals surface area contributed by atoms with Crippen LogP contribution in [-0.2, 0) is 0 Å². The highest BCUT2D eigenvalue weighted by Crippen LogP contribution is 2.28. The van der Waals surface area contributed by atoms with Crippen molar-refractivity contribution in [2.24, 2.45) is 0 Å². The first-order valence-electron chi connectivity index (χ1n) is 8.23. The molecule has 3 aromatic rings. The van der Waals surface area contributed by atoms with Crippen LogP contribution in [-0.4, -0.2) is 45.2 Å². The summed E-state index contributed by atoms with van der Waals surface area (Å²) < 4.78 is 7.87. The maximum absolute atomic E-state index is 6.32. The molecule has 6 heteroatoms. The molecule has 1 aromatic carbocycles. The van der Waals surface area contributed by atoms with Crippen LogP contribution in [0.1, 0.15) is 13.3 Å². The molecule has 124 valence electrons. The van der Waals surface area contributed by atoms with Crippen LogP contribution >= 0.6 is 11.6 Å². The first kappa shape index (κ1) is 15.4. The Morgan fingerprint density at radius 3 is 2.92 bits per heavy atom. The number of rotatable bonds is 4. The maximum Gasteiger partial charge on any atom is 0.232 e. The van der Waals surface area contributed by atoms with E-state index < -0.39 is 0 Å². The van der Waals surface area contributed by atoms with Gasteiger partial charge in [-0.15, -0.1) is 5.10 Å². The Bertz CT molecular complexity index is 863. The van der Waals surface area contributed by atoms with E-state index in [1.807, 2.05) is 36.4 Å². The van der Waals surface area contributed by atoms with Gasteiger partial charge in [-0.1, -0.05) is 36.7 Å². The Labute approximate surface area is 145 Å². The molecule has 4 rings (SSSR count). The van der Waals surface area contributed by atoms with E-state index in [4.69, 9.17) is 16.3 Å². The fraction of sp³-hybridized carbons (Fsp3) is 0.333. The Morgan fingerprint density at radius 1 is 1.25 bits per heavy atom. The normalized spacial score (nSPS) is 18.3. The van der Waals surface area contributed by atoms with Gasteiger partial charge in [0.2, 0.25) is 5.88 Å². The second-order valence-electron chi connectivity index (χ2n) is 5.99. The topological polar surface area (TPSA) is 42.7 Å². The summed E-state index contributed by atoms with van der Waals surface area (Å²) in [5.41, 5.74) is 2.55. The van der Waals surface area contributed by atoms with Gasteiger partial charge in [-0.3, -0.25) is 4.90 Å². The number of imidazole rings is 1. The number of fused-ring (bicyclic) bond motifs is 1. The monoisotopic (exact) mass is 342 g/mol. The third-order valence-corrected chi connectivity index (χ3v) is 4.78. The summed E-state index contributed by atoms with van der Waals surface area (Å²) in [6.07, 6.45) is 3.03. The lowest BCUT2D eigenvalue weighted by atomic mass is 10.2. The van der Waals surface area contributed by atoms with Crippen LogP contribution in [0.5, 0.6) is 5.88 Å². The molecule has 0 spiro atoms. The largest absolute Gasteiger partial charge is 0.472 e. The summed E-state index contributed by atoms with van der Waals surface area (Å²) in [6.45, 7) is 5.27. The summed E-state index contributed by atoms with van der Waals surface area (Å²) in [6, 6.07) is 11.5. The number of ether oxygens (including phenoxy) is 1. The molecule has 0 aliphatic carbocycles. The van der Waals surface area contributed by atoms with E-state index in [-0.39, 0.29) is 6.10 Å². The van der Waals surface area contributed by atoms with Crippen LogP contribution in [0.3, 0.4) is 0 Å². The predicted octanol–water partition coefficient (Wildman–Crippen LogP) is 3.52. The van der Waals surface area contributed by atoms with Crippen LogP contribution in [0, 0.1) is 0 Å². The van der Waals surface area contributed by atoms with E-state index in [9.17, 15) is 0 Å². The van der Waals surface area contributed by atoms with Crippen molar-refractivity contribution < 1.29 is 4.74 Å². The summed E-state index contributed by atoms with van der Waals surface area (Å²) in [5, 5.41) is 5.30. The molecule has 0 saturated carbocycles. The number of aromatic nitrogens is 3. The van der Waals surface area contributed by atoms with Gasteiger partial charge in [0.05, 0.1) is 16.9 Å². The Morgan fingerprint density at radius 2 is 2.12 bits per heavy atom. The highest BCUT2D eigenvalue weighted by molar-refractivity contribution is 6.33. The lowest BCUT2D eigenvalue weighted by Gasteiger charge is -2.14. The number of hydrogen-bond acceptors (Lipinski definition) is 4. The van der Waals surface area contributed by atoms with Crippen LogP contribution in [0.2, 0.25) is 5.02 Å². The van der Waals surface area contributed by atoms with E-state index in [1.165, 1.54) is 0 Å². The first-order chi connectivity index (χ1) is 11.7. The molecule has 24 heavy (non-hydrogen) atoms. The molecule has 1 aliphatic rings. The minimum Gasteiger partial charge on any atom is -0.472 e. The van der Waals surface area contributed by atoms with Crippen molar-refractivity contribution in [2.45, 2.75) is 19.4 Å². The van der Waals surface area contributed by atoms with Gasteiger partial charge in [0.15, 0.2) is 5.65 Å². The van der Waals surface area contributed by atoms with Crippen molar-refractivity contribution in [3.05, 3.63) is 47.6 Å². The van der Waals surface area contributed by atoms with Crippen molar-refractivity contribution in [2.75, 3.05) is 19.6 Å². The molecule has 1 saturated heterocycles. The summed E-state index contributed by atoms with van der Waals surface area (Å²) in [7, 11) is 0. The highest BCUT2D eigenvalue weighted by atomic mass is 35.5. The molecule has 1 unspecified atom stereocenters. The Kier molecular flexibility index (Phi) is 4.12. The molecule has 2 aromatic heterocycles. The molecule has 1 atom stereocenters. The molecule has 5 nitrogen and oxygen atoms in total. The SMILES string of the molecule is CCN1CCC(Oc2ccc3ncc(-c4ccccc4Cl)n3n2)C1. The van der Waals surface area contributed by atoms with Gasteiger partial charge in [-0.25, -0.2) is 9.50 Å². The molecule has 1 fully saturated rings. The first-order valence-corrected chi connectivity index (χ1v) is 8.61. The van der Waals surface area contributed by atoms with Gasteiger partial charge in [0, 0.05) is 24.7 Å². The van der Waals surface area contributed by atoms with Crippen LogP contribution in [0.25, 0.3) is 16.9 Å². The lowest BCUT2D eigenvalue weighted by Crippen LogP contribution is -2.24. The van der Waals surface area contributed by atoms with E-state index in [2.05, 4.69) is 21.9 Å². The standard InChI is InChI=1S/C18H19ClN4O/c1-2-22-10-9-13(12-22)24-18-8-7-17-20-11-16(23(17)21-18)14-5-3-4-6-15(14)19/h3-8,11,13H,2,9-10,12H2,1H3. The van der Waals surface area contributed by atoms with Crippen molar-refractivity contribution in [3.63, 3.8) is 0 Å². The van der Waals surface area contributed by atoms with Gasteiger partial charge >= 0.3 is 0 Å². The van der Waals surface area contributed by atoms with Gasteiger partial charge in [-0.2, -0.15) is 0 Å². The highest BCUT2D eigenvalue weighted by Gasteiger charge is 2.23. The van der Waals surface area contributed by atoms with Crippen LogP contribution in [0.15, 0.2) is 42.6 Å². The molecule has 0 radical (unpaired) electrons. The molecule has 1 aliphatic heterocycles. The number of nitrogens with zero attached hydrogens (tertiary/aromatic N) is 4. The van der Waals surface area contributed by atoms with Crippen molar-refractivity contribution in [1.29, 1.82) is 0 Å². The van der Waals surface area contributed by atoms with Crippen molar-refractivity contribution >= 4 is 17.2 Å². The Balaban J connectivity index is 1.65. The average Bonchev–Trinajstić information content (AvgIpc) is 3.22. The zero-order valence-electron chi connectivity index (χ0n) is 13.5. The van der Waals surface area contributed by atoms with E-state index in [1.54, 1.807) is 10.7 Å². The number of halogens is 1. The molecule has 0 bridgehead atoms. The van der Waals surface area contributed by atoms with Gasteiger partial charge in [0.1, 0.15) is 6.10 Å². The minimum atomic E-state index is 0.196. The number of benzene rings is 1. The predicted molar refractivity (Wildman–Crippen MR) is 94.6 cm³/mol. The van der Waals surface area contributed by atoms with Crippen molar-refractivity contribution in [1.82, 2.24) is 19.5 Å². The van der Waals surface area contributed by atoms with E-state index in [0.29, 0.717) is 10.9 Å². The third kappa shape index (κ3) is 2.85. The van der Waals surface area contributed by atoms with Gasteiger partial charge in [-0.05, 0) is 25.1 Å². The maximum atomic E-state index is 6.32.